The predicted molar refractivity (Wildman–Crippen MR) is 119 cm³/mol. The fraction of sp³-hybridized carbons (Fsp3) is 0.917. The average molecular weight is 382 g/mol. The summed E-state index contributed by atoms with van der Waals surface area (Å²) in [4.78, 5) is 14.8. The zero-order valence-corrected chi connectivity index (χ0v) is 18.2. The van der Waals surface area contributed by atoms with Crippen LogP contribution < -0.4 is 0 Å². The van der Waals surface area contributed by atoms with Crippen LogP contribution in [-0.2, 0) is 4.79 Å². The Bertz CT molecular complexity index is 328. The van der Waals surface area contributed by atoms with Gasteiger partial charge in [0.2, 0.25) is 0 Å². The van der Waals surface area contributed by atoms with Gasteiger partial charge in [0.05, 0.1) is 0 Å². The normalized spacial score (nSPS) is 11.4. The second-order valence-electron chi connectivity index (χ2n) is 8.03. The molecule has 3 nitrogen and oxygen atoms in total. The molecule has 1 N–H and O–H groups in total. The smallest absolute Gasteiger partial charge is 0.303 e. The molecule has 0 amide bonds. The number of rotatable bonds is 22. The van der Waals surface area contributed by atoms with E-state index in [-0.39, 0.29) is 6.42 Å². The highest BCUT2D eigenvalue weighted by Gasteiger charge is 1.95. The lowest BCUT2D eigenvalue weighted by Crippen LogP contribution is -1.93. The molecule has 0 rings (SSSR count). The molecule has 0 saturated carbocycles. The Hall–Kier alpha value is -0.860. The SMILES string of the molecule is CCCCCCCCCCCCCCCCCCN=CCCCCC(=O)O. The minimum absolute atomic E-state index is 0.285. The number of aliphatic imine (C=N–C) groups is 1. The van der Waals surface area contributed by atoms with Crippen molar-refractivity contribution in [3.8, 4) is 0 Å². The second-order valence-corrected chi connectivity index (χ2v) is 8.03. The molecule has 0 aromatic rings. The van der Waals surface area contributed by atoms with Crippen molar-refractivity contribution in [1.29, 1.82) is 0 Å². The van der Waals surface area contributed by atoms with E-state index in [9.17, 15) is 4.79 Å². The Balaban J connectivity index is 3.05. The molecule has 0 aliphatic carbocycles. The van der Waals surface area contributed by atoms with Crippen LogP contribution in [0.5, 0.6) is 0 Å². The van der Waals surface area contributed by atoms with Crippen LogP contribution in [-0.4, -0.2) is 23.8 Å². The number of hydrogen-bond donors (Lipinski definition) is 1. The predicted octanol–water partition coefficient (Wildman–Crippen LogP) is 7.96. The lowest BCUT2D eigenvalue weighted by atomic mass is 10.0. The van der Waals surface area contributed by atoms with E-state index in [1.54, 1.807) is 0 Å². The van der Waals surface area contributed by atoms with Gasteiger partial charge < -0.3 is 5.11 Å². The number of carboxylic acid groups (broad SMARTS) is 1. The average Bonchev–Trinajstić information content (AvgIpc) is 2.65. The van der Waals surface area contributed by atoms with E-state index in [4.69, 9.17) is 5.11 Å². The van der Waals surface area contributed by atoms with Gasteiger partial charge >= 0.3 is 5.97 Å². The van der Waals surface area contributed by atoms with E-state index < -0.39 is 5.97 Å². The first-order chi connectivity index (χ1) is 13.3. The van der Waals surface area contributed by atoms with E-state index >= 15 is 0 Å². The summed E-state index contributed by atoms with van der Waals surface area (Å²) in [6.07, 6.45) is 27.3. The molecule has 160 valence electrons. The van der Waals surface area contributed by atoms with E-state index in [1.165, 1.54) is 103 Å². The fourth-order valence-corrected chi connectivity index (χ4v) is 3.45. The number of unbranched alkanes of at least 4 members (excludes halogenated alkanes) is 17. The van der Waals surface area contributed by atoms with Crippen LogP contribution in [0.15, 0.2) is 4.99 Å². The molecule has 0 radical (unpaired) electrons. The highest BCUT2D eigenvalue weighted by molar-refractivity contribution is 5.66. The molecule has 0 spiro atoms. The lowest BCUT2D eigenvalue weighted by molar-refractivity contribution is -0.137. The van der Waals surface area contributed by atoms with Crippen molar-refractivity contribution in [3.05, 3.63) is 0 Å². The molecule has 0 unspecified atom stereocenters. The fourth-order valence-electron chi connectivity index (χ4n) is 3.45. The third-order valence-electron chi connectivity index (χ3n) is 5.24. The topological polar surface area (TPSA) is 49.7 Å². The van der Waals surface area contributed by atoms with Crippen molar-refractivity contribution >= 4 is 12.2 Å². The third kappa shape index (κ3) is 25.1. The zero-order chi connectivity index (χ0) is 19.8. The van der Waals surface area contributed by atoms with Crippen molar-refractivity contribution in [1.82, 2.24) is 0 Å². The van der Waals surface area contributed by atoms with Crippen molar-refractivity contribution in [3.63, 3.8) is 0 Å². The summed E-state index contributed by atoms with van der Waals surface area (Å²) >= 11 is 0. The Labute approximate surface area is 169 Å². The maximum absolute atomic E-state index is 10.4. The van der Waals surface area contributed by atoms with E-state index in [0.29, 0.717) is 0 Å². The van der Waals surface area contributed by atoms with Gasteiger partial charge in [0.1, 0.15) is 0 Å². The summed E-state index contributed by atoms with van der Waals surface area (Å²) in [5.74, 6) is -0.694. The van der Waals surface area contributed by atoms with Gasteiger partial charge in [-0.25, -0.2) is 0 Å². The molecule has 0 bridgehead atoms. The van der Waals surface area contributed by atoms with Gasteiger partial charge in [-0.05, 0) is 31.9 Å². The first-order valence-electron chi connectivity index (χ1n) is 12.0. The summed E-state index contributed by atoms with van der Waals surface area (Å²) in [6.45, 7) is 3.23. The highest BCUT2D eigenvalue weighted by Crippen LogP contribution is 2.13. The molecule has 0 aromatic heterocycles. The van der Waals surface area contributed by atoms with Gasteiger partial charge in [0.15, 0.2) is 0 Å². The van der Waals surface area contributed by atoms with Crippen LogP contribution in [0, 0.1) is 0 Å². The number of carboxylic acids is 1. The van der Waals surface area contributed by atoms with Crippen LogP contribution in [0.2, 0.25) is 0 Å². The first-order valence-corrected chi connectivity index (χ1v) is 12.0. The van der Waals surface area contributed by atoms with Gasteiger partial charge in [-0.1, -0.05) is 103 Å². The van der Waals surface area contributed by atoms with Gasteiger partial charge in [-0.15, -0.1) is 0 Å². The Kier molecular flexibility index (Phi) is 22.4. The molecule has 0 fully saturated rings. The third-order valence-corrected chi connectivity index (χ3v) is 5.24. The standard InChI is InChI=1S/C24H47NO2/c1-2-3-4-5-6-7-8-9-10-11-12-13-14-15-16-19-22-25-23-20-17-18-21-24(26)27/h23H,2-22H2,1H3,(H,26,27). The van der Waals surface area contributed by atoms with Gasteiger partial charge in [-0.2, -0.15) is 0 Å². The molecular weight excluding hydrogens is 334 g/mol. The van der Waals surface area contributed by atoms with E-state index in [0.717, 1.165) is 25.8 Å². The largest absolute Gasteiger partial charge is 0.481 e. The molecule has 0 saturated heterocycles. The zero-order valence-electron chi connectivity index (χ0n) is 18.2. The number of nitrogens with zero attached hydrogens (tertiary/aromatic N) is 1. The second kappa shape index (κ2) is 23.2. The Morgan fingerprint density at radius 2 is 1.11 bits per heavy atom. The van der Waals surface area contributed by atoms with Crippen LogP contribution >= 0.6 is 0 Å². The van der Waals surface area contributed by atoms with Crippen LogP contribution in [0.25, 0.3) is 0 Å². The quantitative estimate of drug-likeness (QED) is 0.153. The summed E-state index contributed by atoms with van der Waals surface area (Å²) in [7, 11) is 0. The Morgan fingerprint density at radius 3 is 1.56 bits per heavy atom. The Morgan fingerprint density at radius 1 is 0.667 bits per heavy atom. The minimum atomic E-state index is -0.694. The molecule has 0 heterocycles. The molecule has 0 atom stereocenters. The number of carbonyl (C=O) groups is 1. The number of hydrogen-bond acceptors (Lipinski definition) is 2. The van der Waals surface area contributed by atoms with E-state index in [2.05, 4.69) is 11.9 Å². The lowest BCUT2D eigenvalue weighted by Gasteiger charge is -2.03. The molecule has 0 aliphatic heterocycles. The van der Waals surface area contributed by atoms with Crippen molar-refractivity contribution in [2.45, 2.75) is 135 Å². The van der Waals surface area contributed by atoms with Gasteiger partial charge in [-0.3, -0.25) is 9.79 Å². The molecule has 0 aliphatic rings. The monoisotopic (exact) mass is 381 g/mol. The summed E-state index contributed by atoms with van der Waals surface area (Å²) in [5, 5.41) is 8.55. The highest BCUT2D eigenvalue weighted by atomic mass is 16.4. The summed E-state index contributed by atoms with van der Waals surface area (Å²) in [6, 6.07) is 0. The molecular formula is C24H47NO2. The summed E-state index contributed by atoms with van der Waals surface area (Å²) < 4.78 is 0. The van der Waals surface area contributed by atoms with Crippen molar-refractivity contribution in [2.24, 2.45) is 4.99 Å². The maximum Gasteiger partial charge on any atom is 0.303 e. The summed E-state index contributed by atoms with van der Waals surface area (Å²) in [5.41, 5.74) is 0. The van der Waals surface area contributed by atoms with Crippen molar-refractivity contribution in [2.75, 3.05) is 6.54 Å². The van der Waals surface area contributed by atoms with Crippen LogP contribution in [0.4, 0.5) is 0 Å². The molecule has 27 heavy (non-hydrogen) atoms. The van der Waals surface area contributed by atoms with Gasteiger partial charge in [0, 0.05) is 13.0 Å². The molecule has 0 aromatic carbocycles. The van der Waals surface area contributed by atoms with Crippen LogP contribution in [0.1, 0.15) is 135 Å². The van der Waals surface area contributed by atoms with Gasteiger partial charge in [0.25, 0.3) is 0 Å². The number of aliphatic carboxylic acids is 1. The first kappa shape index (κ1) is 26.1. The maximum atomic E-state index is 10.4. The van der Waals surface area contributed by atoms with Crippen molar-refractivity contribution < 1.29 is 9.90 Å². The minimum Gasteiger partial charge on any atom is -0.481 e. The van der Waals surface area contributed by atoms with E-state index in [1.807, 2.05) is 6.21 Å². The molecule has 3 heteroatoms. The van der Waals surface area contributed by atoms with Crippen LogP contribution in [0.3, 0.4) is 0 Å².